The van der Waals surface area contributed by atoms with E-state index in [9.17, 15) is 0 Å². The van der Waals surface area contributed by atoms with Crippen LogP contribution in [0.25, 0.3) is 71.8 Å². The molecule has 0 atom stereocenters. The first-order valence-electron chi connectivity index (χ1n) is 17.8. The normalized spacial score (nSPS) is 12.3. The van der Waals surface area contributed by atoms with Gasteiger partial charge in [0.05, 0.1) is 33.6 Å². The van der Waals surface area contributed by atoms with Crippen molar-refractivity contribution in [2.24, 2.45) is 0 Å². The van der Waals surface area contributed by atoms with Crippen LogP contribution in [-0.4, -0.2) is 14.5 Å². The summed E-state index contributed by atoms with van der Waals surface area (Å²) in [6.07, 6.45) is 0. The van der Waals surface area contributed by atoms with Crippen LogP contribution in [0.4, 0.5) is 17.1 Å². The minimum absolute atomic E-state index is 0.638. The van der Waals surface area contributed by atoms with E-state index < -0.39 is 0 Å². The van der Waals surface area contributed by atoms with Crippen LogP contribution in [0.3, 0.4) is 0 Å². The Bertz CT molecular complexity index is 3040. The van der Waals surface area contributed by atoms with Crippen molar-refractivity contribution in [3.8, 4) is 39.8 Å². The van der Waals surface area contributed by atoms with Crippen molar-refractivity contribution in [3.05, 3.63) is 182 Å². The predicted octanol–water partition coefficient (Wildman–Crippen LogP) is 12.8. The summed E-state index contributed by atoms with van der Waals surface area (Å²) in [6.45, 7) is 0. The van der Waals surface area contributed by atoms with Crippen molar-refractivity contribution in [1.82, 2.24) is 14.5 Å². The van der Waals surface area contributed by atoms with Crippen molar-refractivity contribution in [2.45, 2.75) is 0 Å². The van der Waals surface area contributed by atoms with Crippen molar-refractivity contribution < 1.29 is 4.74 Å². The van der Waals surface area contributed by atoms with E-state index in [1.54, 1.807) is 0 Å². The Hall–Kier alpha value is -7.24. The minimum Gasteiger partial charge on any atom is -0.453 e. The van der Waals surface area contributed by atoms with E-state index in [1.165, 1.54) is 16.2 Å². The Balaban J connectivity index is 1.18. The van der Waals surface area contributed by atoms with Gasteiger partial charge in [0, 0.05) is 27.4 Å². The molecular weight excluding hydrogens is 649 g/mol. The fraction of sp³-hybridized carbons (Fsp3) is 0. The highest BCUT2D eigenvalue weighted by molar-refractivity contribution is 6.25. The van der Waals surface area contributed by atoms with E-state index in [1.807, 2.05) is 30.3 Å². The molecule has 3 heterocycles. The van der Waals surface area contributed by atoms with Crippen LogP contribution >= 0.6 is 0 Å². The van der Waals surface area contributed by atoms with Crippen LogP contribution in [-0.2, 0) is 0 Å². The molecule has 10 aromatic rings. The van der Waals surface area contributed by atoms with Crippen LogP contribution in [0.5, 0.6) is 11.5 Å². The van der Waals surface area contributed by atoms with E-state index in [2.05, 4.69) is 161 Å². The Kier molecular flexibility index (Phi) is 6.48. The number of anilines is 3. The average Bonchev–Trinajstić information content (AvgIpc) is 3.58. The second-order valence-electron chi connectivity index (χ2n) is 13.4. The molecule has 0 spiro atoms. The zero-order chi connectivity index (χ0) is 34.9. The second kappa shape index (κ2) is 11.7. The quantitative estimate of drug-likeness (QED) is 0.186. The molecule has 0 radical (unpaired) electrons. The number of fused-ring (bicyclic) bond motifs is 8. The van der Waals surface area contributed by atoms with Gasteiger partial charge in [-0.25, -0.2) is 9.97 Å². The first kappa shape index (κ1) is 29.5. The third-order valence-electron chi connectivity index (χ3n) is 10.4. The lowest BCUT2D eigenvalue weighted by Crippen LogP contribution is -2.15. The second-order valence-corrected chi connectivity index (χ2v) is 13.4. The lowest BCUT2D eigenvalue weighted by Gasteiger charge is -2.33. The Morgan fingerprint density at radius 1 is 0.453 bits per heavy atom. The van der Waals surface area contributed by atoms with E-state index in [4.69, 9.17) is 14.7 Å². The number of nitrogens with zero attached hydrogens (tertiary/aromatic N) is 4. The van der Waals surface area contributed by atoms with Gasteiger partial charge in [-0.1, -0.05) is 127 Å². The predicted molar refractivity (Wildman–Crippen MR) is 217 cm³/mol. The molecule has 1 aliphatic rings. The fourth-order valence-electron chi connectivity index (χ4n) is 8.04. The van der Waals surface area contributed by atoms with Crippen molar-refractivity contribution in [2.75, 3.05) is 4.90 Å². The standard InChI is InChI=1S/C48H30N4O/c1-3-15-32(16-4-1)47-37-20-9-10-22-38(37)49-48(50-47)52-41-24-13-21-36(46(41)45-35-19-8-7-14-31(35)26-29-42(45)52)33-27-28-40-44(30-33)53-43-25-12-11-23-39(43)51(40)34-17-5-2-6-18-34/h1-30H. The summed E-state index contributed by atoms with van der Waals surface area (Å²) in [5.74, 6) is 2.27. The molecule has 0 bridgehead atoms. The first-order valence-corrected chi connectivity index (χ1v) is 17.8. The highest BCUT2D eigenvalue weighted by atomic mass is 16.5. The number of hydrogen-bond acceptors (Lipinski definition) is 4. The molecule has 8 aromatic carbocycles. The highest BCUT2D eigenvalue weighted by Gasteiger charge is 2.27. The van der Waals surface area contributed by atoms with Gasteiger partial charge in [-0.05, 0) is 76.5 Å². The largest absolute Gasteiger partial charge is 0.453 e. The number of aromatic nitrogens is 3. The monoisotopic (exact) mass is 678 g/mol. The minimum atomic E-state index is 0.638. The third kappa shape index (κ3) is 4.57. The Morgan fingerprint density at radius 3 is 2.06 bits per heavy atom. The maximum atomic E-state index is 6.66. The lowest BCUT2D eigenvalue weighted by molar-refractivity contribution is 0.477. The van der Waals surface area contributed by atoms with Crippen molar-refractivity contribution in [1.29, 1.82) is 0 Å². The van der Waals surface area contributed by atoms with Gasteiger partial charge < -0.3 is 9.64 Å². The molecule has 11 rings (SSSR count). The van der Waals surface area contributed by atoms with Crippen LogP contribution < -0.4 is 9.64 Å². The van der Waals surface area contributed by atoms with E-state index in [0.29, 0.717) is 5.95 Å². The molecule has 0 fully saturated rings. The van der Waals surface area contributed by atoms with Gasteiger partial charge in [0.1, 0.15) is 0 Å². The van der Waals surface area contributed by atoms with Gasteiger partial charge in [0.25, 0.3) is 0 Å². The van der Waals surface area contributed by atoms with E-state index in [-0.39, 0.29) is 0 Å². The smallest absolute Gasteiger partial charge is 0.235 e. The van der Waals surface area contributed by atoms with Gasteiger partial charge in [0.2, 0.25) is 5.95 Å². The maximum absolute atomic E-state index is 6.66. The Morgan fingerprint density at radius 2 is 1.17 bits per heavy atom. The molecule has 5 heteroatoms. The summed E-state index contributed by atoms with van der Waals surface area (Å²) >= 11 is 0. The summed E-state index contributed by atoms with van der Waals surface area (Å²) in [4.78, 5) is 12.8. The molecule has 53 heavy (non-hydrogen) atoms. The van der Waals surface area contributed by atoms with Gasteiger partial charge in [-0.2, -0.15) is 0 Å². The van der Waals surface area contributed by atoms with Gasteiger partial charge in [0.15, 0.2) is 11.5 Å². The summed E-state index contributed by atoms with van der Waals surface area (Å²) in [6, 6.07) is 63.5. The van der Waals surface area contributed by atoms with E-state index in [0.717, 1.165) is 78.3 Å². The van der Waals surface area contributed by atoms with Crippen LogP contribution in [0.2, 0.25) is 0 Å². The topological polar surface area (TPSA) is 43.2 Å². The van der Waals surface area contributed by atoms with Crippen LogP contribution in [0.15, 0.2) is 182 Å². The summed E-state index contributed by atoms with van der Waals surface area (Å²) in [5.41, 5.74) is 10.2. The van der Waals surface area contributed by atoms with Crippen molar-refractivity contribution in [3.63, 3.8) is 0 Å². The van der Waals surface area contributed by atoms with Gasteiger partial charge >= 0.3 is 0 Å². The summed E-state index contributed by atoms with van der Waals surface area (Å²) in [5, 5.41) is 5.70. The molecule has 0 amide bonds. The lowest BCUT2D eigenvalue weighted by atomic mass is 9.96. The van der Waals surface area contributed by atoms with Gasteiger partial charge in [-0.15, -0.1) is 0 Å². The molecule has 0 unspecified atom stereocenters. The zero-order valence-corrected chi connectivity index (χ0v) is 28.5. The number of para-hydroxylation sites is 4. The molecular formula is C48H30N4O. The maximum Gasteiger partial charge on any atom is 0.235 e. The average molecular weight is 679 g/mol. The molecule has 0 aliphatic carbocycles. The number of rotatable bonds is 4. The number of hydrogen-bond donors (Lipinski definition) is 0. The zero-order valence-electron chi connectivity index (χ0n) is 28.5. The molecule has 0 saturated heterocycles. The van der Waals surface area contributed by atoms with Crippen LogP contribution in [0.1, 0.15) is 0 Å². The van der Waals surface area contributed by atoms with Crippen LogP contribution in [0, 0.1) is 0 Å². The Labute approximate surface area is 305 Å². The van der Waals surface area contributed by atoms with E-state index >= 15 is 0 Å². The van der Waals surface area contributed by atoms with Crippen molar-refractivity contribution >= 4 is 60.5 Å². The highest BCUT2D eigenvalue weighted by Crippen LogP contribution is 2.52. The number of ether oxygens (including phenoxy) is 1. The third-order valence-corrected chi connectivity index (χ3v) is 10.4. The molecule has 248 valence electrons. The SMILES string of the molecule is c1ccc(-c2nc(-n3c4cccc(-c5ccc6c(c5)Oc5ccccc5N6c5ccccc5)c4c4c5ccccc5ccc43)nc3ccccc23)cc1. The molecule has 1 aliphatic heterocycles. The fourth-order valence-corrected chi connectivity index (χ4v) is 8.04. The molecule has 0 saturated carbocycles. The molecule has 5 nitrogen and oxygen atoms in total. The molecule has 2 aromatic heterocycles. The summed E-state index contributed by atoms with van der Waals surface area (Å²) in [7, 11) is 0. The molecule has 0 N–H and O–H groups in total. The first-order chi connectivity index (χ1) is 26.3. The number of benzene rings is 8. The summed E-state index contributed by atoms with van der Waals surface area (Å²) < 4.78 is 8.90. The van der Waals surface area contributed by atoms with Gasteiger partial charge in [-0.3, -0.25) is 4.57 Å².